The van der Waals surface area contributed by atoms with Crippen LogP contribution in [0, 0.1) is 5.92 Å². The summed E-state index contributed by atoms with van der Waals surface area (Å²) in [6, 6.07) is 6.91. The summed E-state index contributed by atoms with van der Waals surface area (Å²) >= 11 is 1.60. The van der Waals surface area contributed by atoms with Crippen LogP contribution in [0.15, 0.2) is 29.2 Å². The average Bonchev–Trinajstić information content (AvgIpc) is 3.03. The van der Waals surface area contributed by atoms with Crippen molar-refractivity contribution >= 4 is 35.4 Å². The maximum atomic E-state index is 13.4. The Hall–Kier alpha value is -2.22. The third-order valence-electron chi connectivity index (χ3n) is 6.40. The molecular weight excluding hydrogens is 424 g/mol. The summed E-state index contributed by atoms with van der Waals surface area (Å²) in [5.74, 6) is 0.348. The molecule has 1 aliphatic carbocycles. The van der Waals surface area contributed by atoms with Gasteiger partial charge < -0.3 is 15.1 Å². The Morgan fingerprint density at radius 2 is 1.91 bits per heavy atom. The maximum absolute atomic E-state index is 13.4. The lowest BCUT2D eigenvalue weighted by Gasteiger charge is -2.29. The topological polar surface area (TPSA) is 73.0 Å². The van der Waals surface area contributed by atoms with E-state index in [1.54, 1.807) is 25.9 Å². The highest BCUT2D eigenvalue weighted by molar-refractivity contribution is 7.98. The first-order valence-electron chi connectivity index (χ1n) is 11.7. The molecule has 1 N–H and O–H groups in total. The number of hydrogen-bond acceptors (Lipinski definition) is 4. The van der Waals surface area contributed by atoms with Crippen LogP contribution in [0.3, 0.4) is 0 Å². The highest BCUT2D eigenvalue weighted by atomic mass is 32.2. The molecule has 32 heavy (non-hydrogen) atoms. The summed E-state index contributed by atoms with van der Waals surface area (Å²) in [6.07, 6.45) is 10.1. The van der Waals surface area contributed by atoms with Crippen molar-refractivity contribution in [2.75, 3.05) is 38.3 Å². The molecule has 0 spiro atoms. The first-order chi connectivity index (χ1) is 15.4. The van der Waals surface area contributed by atoms with E-state index >= 15 is 0 Å². The van der Waals surface area contributed by atoms with Gasteiger partial charge in [-0.3, -0.25) is 4.79 Å². The maximum Gasteiger partial charge on any atom is 0.332 e. The first kappa shape index (κ1) is 24.4. The molecule has 176 valence electrons. The Kier molecular flexibility index (Phi) is 8.84. The molecule has 7 nitrogen and oxygen atoms in total. The third kappa shape index (κ3) is 5.97. The van der Waals surface area contributed by atoms with E-state index in [1.165, 1.54) is 29.1 Å². The van der Waals surface area contributed by atoms with E-state index in [2.05, 4.69) is 5.32 Å². The zero-order valence-corrected chi connectivity index (χ0v) is 20.3. The lowest BCUT2D eigenvalue weighted by atomic mass is 9.88. The summed E-state index contributed by atoms with van der Waals surface area (Å²) in [6.45, 7) is 1.22. The molecule has 1 saturated carbocycles. The molecule has 1 aromatic rings. The van der Waals surface area contributed by atoms with Crippen LogP contribution in [0.5, 0.6) is 0 Å². The predicted octanol–water partition coefficient (Wildman–Crippen LogP) is 4.57. The molecular formula is C24H36N4O3S. The molecule has 3 rings (SSSR count). The van der Waals surface area contributed by atoms with Crippen molar-refractivity contribution in [2.45, 2.75) is 62.3 Å². The van der Waals surface area contributed by atoms with Crippen molar-refractivity contribution in [3.05, 3.63) is 24.3 Å². The van der Waals surface area contributed by atoms with Crippen LogP contribution in [0.1, 0.15) is 51.4 Å². The molecule has 1 aliphatic heterocycles. The van der Waals surface area contributed by atoms with E-state index in [0.717, 1.165) is 30.6 Å². The number of urea groups is 2. The normalized spacial score (nSPS) is 19.5. The second kappa shape index (κ2) is 11.6. The lowest BCUT2D eigenvalue weighted by molar-refractivity contribution is -0.120. The van der Waals surface area contributed by atoms with Crippen molar-refractivity contribution in [3.8, 4) is 0 Å². The van der Waals surface area contributed by atoms with Crippen molar-refractivity contribution in [2.24, 2.45) is 5.92 Å². The summed E-state index contributed by atoms with van der Waals surface area (Å²) in [4.78, 5) is 44.2. The highest BCUT2D eigenvalue weighted by Crippen LogP contribution is 2.33. The monoisotopic (exact) mass is 460 g/mol. The minimum absolute atomic E-state index is 0.115. The molecule has 1 atom stereocenters. The lowest BCUT2D eigenvalue weighted by Crippen LogP contribution is -2.39. The number of nitrogens with zero attached hydrogens (tertiary/aromatic N) is 3. The van der Waals surface area contributed by atoms with Crippen LogP contribution in [0.4, 0.5) is 15.3 Å². The predicted molar refractivity (Wildman–Crippen MR) is 129 cm³/mol. The number of imide groups is 1. The van der Waals surface area contributed by atoms with Crippen molar-refractivity contribution in [1.82, 2.24) is 15.1 Å². The van der Waals surface area contributed by atoms with Gasteiger partial charge in [0.2, 0.25) is 0 Å². The molecule has 0 radical (unpaired) electrons. The van der Waals surface area contributed by atoms with Crippen LogP contribution in [0.2, 0.25) is 0 Å². The van der Waals surface area contributed by atoms with Gasteiger partial charge in [-0.25, -0.2) is 14.5 Å². The average molecular weight is 461 g/mol. The van der Waals surface area contributed by atoms with Gasteiger partial charge in [0.1, 0.15) is 6.04 Å². The number of carbonyl (C=O) groups is 3. The first-order valence-corrected chi connectivity index (χ1v) is 12.9. The van der Waals surface area contributed by atoms with Crippen LogP contribution in [-0.4, -0.2) is 67.3 Å². The fourth-order valence-electron chi connectivity index (χ4n) is 4.57. The molecule has 0 aromatic heterocycles. The van der Waals surface area contributed by atoms with Crippen molar-refractivity contribution in [1.29, 1.82) is 0 Å². The van der Waals surface area contributed by atoms with E-state index in [1.807, 2.05) is 35.4 Å². The summed E-state index contributed by atoms with van der Waals surface area (Å²) in [5.41, 5.74) is 0.654. The fraction of sp³-hybridized carbons (Fsp3) is 0.625. The molecule has 5 amide bonds. The number of nitrogens with one attached hydrogen (secondary N) is 1. The van der Waals surface area contributed by atoms with E-state index in [-0.39, 0.29) is 18.0 Å². The van der Waals surface area contributed by atoms with Crippen LogP contribution < -0.4 is 10.2 Å². The van der Waals surface area contributed by atoms with E-state index in [9.17, 15) is 14.4 Å². The van der Waals surface area contributed by atoms with Gasteiger partial charge in [-0.15, -0.1) is 11.8 Å². The Morgan fingerprint density at radius 3 is 2.59 bits per heavy atom. The second-order valence-electron chi connectivity index (χ2n) is 8.95. The number of carbonyl (C=O) groups excluding carboxylic acids is 3. The standard InChI is InChI=1S/C24H36N4O3S/c1-26(2)23(30)25-15-8-7-14-21-22(29)28(19-12-9-13-20(16-19)32-3)24(31)27(21)17-18-10-5-4-6-11-18/h9,12-13,16,18,21H,4-8,10-11,14-15,17H2,1-3H3,(H,25,30)/t21-/m0/s1. The van der Waals surface area contributed by atoms with Gasteiger partial charge in [-0.05, 0) is 62.5 Å². The Labute approximate surface area is 195 Å². The largest absolute Gasteiger partial charge is 0.338 e. The number of hydrogen-bond donors (Lipinski definition) is 1. The Balaban J connectivity index is 1.69. The zero-order chi connectivity index (χ0) is 23.1. The molecule has 0 bridgehead atoms. The molecule has 0 unspecified atom stereocenters. The van der Waals surface area contributed by atoms with Gasteiger partial charge >= 0.3 is 12.1 Å². The fourth-order valence-corrected chi connectivity index (χ4v) is 5.03. The van der Waals surface area contributed by atoms with Crippen molar-refractivity contribution in [3.63, 3.8) is 0 Å². The van der Waals surface area contributed by atoms with Gasteiger partial charge in [0.15, 0.2) is 0 Å². The summed E-state index contributed by atoms with van der Waals surface area (Å²) in [5, 5.41) is 2.86. The van der Waals surface area contributed by atoms with Gasteiger partial charge in [0.25, 0.3) is 5.91 Å². The molecule has 2 fully saturated rings. The quantitative estimate of drug-likeness (QED) is 0.333. The van der Waals surface area contributed by atoms with Gasteiger partial charge in [-0.1, -0.05) is 25.3 Å². The van der Waals surface area contributed by atoms with Crippen LogP contribution >= 0.6 is 11.8 Å². The summed E-state index contributed by atoms with van der Waals surface area (Å²) < 4.78 is 0. The minimum Gasteiger partial charge on any atom is -0.338 e. The molecule has 1 heterocycles. The van der Waals surface area contributed by atoms with Crippen molar-refractivity contribution < 1.29 is 14.4 Å². The van der Waals surface area contributed by atoms with Gasteiger partial charge in [0, 0.05) is 32.1 Å². The Morgan fingerprint density at radius 1 is 1.16 bits per heavy atom. The third-order valence-corrected chi connectivity index (χ3v) is 7.12. The molecule has 1 aromatic carbocycles. The second-order valence-corrected chi connectivity index (χ2v) is 9.83. The zero-order valence-electron chi connectivity index (χ0n) is 19.5. The molecule has 1 saturated heterocycles. The van der Waals surface area contributed by atoms with Crippen LogP contribution in [-0.2, 0) is 4.79 Å². The number of thioether (sulfide) groups is 1. The number of amides is 5. The summed E-state index contributed by atoms with van der Waals surface area (Å²) in [7, 11) is 3.42. The van der Waals surface area contributed by atoms with E-state index < -0.39 is 6.04 Å². The SMILES string of the molecule is CSc1cccc(N2C(=O)[C@H](CCCCNC(=O)N(C)C)N(CC3CCCCC3)C2=O)c1. The smallest absolute Gasteiger partial charge is 0.332 e. The number of anilines is 1. The minimum atomic E-state index is -0.424. The highest BCUT2D eigenvalue weighted by Gasteiger charge is 2.46. The molecule has 8 heteroatoms. The van der Waals surface area contributed by atoms with E-state index in [4.69, 9.17) is 0 Å². The van der Waals surface area contributed by atoms with Gasteiger partial charge in [0.05, 0.1) is 5.69 Å². The van der Waals surface area contributed by atoms with Gasteiger partial charge in [-0.2, -0.15) is 0 Å². The Bertz CT molecular complexity index is 810. The number of benzene rings is 1. The number of unbranched alkanes of at least 4 members (excludes halogenated alkanes) is 1. The van der Waals surface area contributed by atoms with Crippen LogP contribution in [0.25, 0.3) is 0 Å². The number of rotatable bonds is 9. The molecule has 2 aliphatic rings. The van der Waals surface area contributed by atoms with E-state index in [0.29, 0.717) is 31.1 Å².